The lowest BCUT2D eigenvalue weighted by Crippen LogP contribution is -2.42. The monoisotopic (exact) mass is 337 g/mol. The number of benzene rings is 2. The van der Waals surface area contributed by atoms with Crippen LogP contribution in [0.3, 0.4) is 0 Å². The third-order valence-electron chi connectivity index (χ3n) is 4.84. The molecule has 4 heteroatoms. The number of carbonyl (C=O) groups excluding carboxylic acids is 2. The molecule has 0 radical (unpaired) electrons. The predicted octanol–water partition coefficient (Wildman–Crippen LogP) is 4.00. The second-order valence-electron chi connectivity index (χ2n) is 6.25. The van der Waals surface area contributed by atoms with Crippen LogP contribution >= 0.6 is 0 Å². The number of amides is 1. The van der Waals surface area contributed by atoms with E-state index in [1.165, 1.54) is 6.92 Å². The normalized spacial score (nSPS) is 14.0. The summed E-state index contributed by atoms with van der Waals surface area (Å²) in [7, 11) is 0. The van der Waals surface area contributed by atoms with Gasteiger partial charge in [0.2, 0.25) is 5.91 Å². The minimum Gasteiger partial charge on any atom is -0.457 e. The number of carbonyl (C=O) groups is 2. The molecule has 25 heavy (non-hydrogen) atoms. The van der Waals surface area contributed by atoms with Crippen LogP contribution in [0.2, 0.25) is 0 Å². The lowest BCUT2D eigenvalue weighted by molar-refractivity contribution is -0.141. The van der Waals surface area contributed by atoms with Crippen molar-refractivity contribution in [2.45, 2.75) is 26.7 Å². The van der Waals surface area contributed by atoms with E-state index in [9.17, 15) is 9.59 Å². The second-order valence-corrected chi connectivity index (χ2v) is 6.25. The molecule has 1 heterocycles. The quantitative estimate of drug-likeness (QED) is 0.775. The Bertz CT molecular complexity index is 750. The van der Waals surface area contributed by atoms with Crippen LogP contribution in [0.5, 0.6) is 11.5 Å². The highest BCUT2D eigenvalue weighted by Gasteiger charge is 2.41. The van der Waals surface area contributed by atoms with Gasteiger partial charge in [0.15, 0.2) is 0 Å². The van der Waals surface area contributed by atoms with E-state index >= 15 is 0 Å². The van der Waals surface area contributed by atoms with Gasteiger partial charge in [0.05, 0.1) is 0 Å². The molecule has 0 unspecified atom stereocenters. The Kier molecular flexibility index (Phi) is 4.88. The highest BCUT2D eigenvalue weighted by molar-refractivity contribution is 6.02. The average Bonchev–Trinajstić information content (AvgIpc) is 2.62. The highest BCUT2D eigenvalue weighted by atomic mass is 16.5. The number of hydrogen-bond donors (Lipinski definition) is 0. The van der Waals surface area contributed by atoms with E-state index in [1.807, 2.05) is 62.4 Å². The van der Waals surface area contributed by atoms with Crippen molar-refractivity contribution in [3.63, 3.8) is 0 Å². The fourth-order valence-electron chi connectivity index (χ4n) is 3.59. The fraction of sp³-hybridized carbons (Fsp3) is 0.333. The molecule has 0 bridgehead atoms. The molecular weight excluding hydrogens is 314 g/mol. The molecule has 1 aliphatic heterocycles. The van der Waals surface area contributed by atoms with Crippen molar-refractivity contribution < 1.29 is 14.3 Å². The van der Waals surface area contributed by atoms with Gasteiger partial charge in [-0.3, -0.25) is 9.59 Å². The number of Topliss-reactive ketones (excluding diaryl/α,β-unsaturated/α-hetero) is 1. The number of hydrogen-bond acceptors (Lipinski definition) is 3. The molecule has 0 aromatic heterocycles. The van der Waals surface area contributed by atoms with Crippen molar-refractivity contribution in [2.24, 2.45) is 5.92 Å². The minimum atomic E-state index is -0.744. The van der Waals surface area contributed by atoms with E-state index < -0.39 is 5.92 Å². The van der Waals surface area contributed by atoms with Crippen LogP contribution in [0, 0.1) is 5.92 Å². The van der Waals surface area contributed by atoms with Crippen molar-refractivity contribution in [1.29, 1.82) is 0 Å². The molecule has 130 valence electrons. The van der Waals surface area contributed by atoms with E-state index in [-0.39, 0.29) is 17.6 Å². The standard InChI is InChI=1S/C21H23NO3/c1-4-22(5-2)21(24)19(14(3)23)20-15-10-6-8-12-17(15)25-18-13-9-7-11-16(18)20/h6-13,19-20H,4-5H2,1-3H3/t19-/m1/s1. The van der Waals surface area contributed by atoms with Gasteiger partial charge in [-0.2, -0.15) is 0 Å². The second kappa shape index (κ2) is 7.09. The Balaban J connectivity index is 2.16. The first-order valence-corrected chi connectivity index (χ1v) is 8.73. The maximum absolute atomic E-state index is 13.1. The van der Waals surface area contributed by atoms with Gasteiger partial charge in [0, 0.05) is 30.1 Å². The smallest absolute Gasteiger partial charge is 0.234 e. The molecule has 0 saturated carbocycles. The van der Waals surface area contributed by atoms with Gasteiger partial charge in [-0.1, -0.05) is 36.4 Å². The third-order valence-corrected chi connectivity index (χ3v) is 4.84. The fourth-order valence-corrected chi connectivity index (χ4v) is 3.59. The molecule has 4 nitrogen and oxygen atoms in total. The van der Waals surface area contributed by atoms with E-state index in [4.69, 9.17) is 4.74 Å². The van der Waals surface area contributed by atoms with Crippen LogP contribution in [0.4, 0.5) is 0 Å². The summed E-state index contributed by atoms with van der Waals surface area (Å²) in [5.41, 5.74) is 1.78. The summed E-state index contributed by atoms with van der Waals surface area (Å²) in [6.45, 7) is 6.55. The zero-order chi connectivity index (χ0) is 18.0. The third kappa shape index (κ3) is 3.04. The van der Waals surface area contributed by atoms with Crippen LogP contribution in [-0.2, 0) is 9.59 Å². The van der Waals surface area contributed by atoms with Crippen LogP contribution in [0.15, 0.2) is 48.5 Å². The summed E-state index contributed by atoms with van der Waals surface area (Å²) in [4.78, 5) is 27.4. The molecular formula is C21H23NO3. The van der Waals surface area contributed by atoms with Crippen molar-refractivity contribution in [3.8, 4) is 11.5 Å². The molecule has 2 aromatic rings. The molecule has 1 atom stereocenters. The van der Waals surface area contributed by atoms with Gasteiger partial charge in [0.1, 0.15) is 23.2 Å². The topological polar surface area (TPSA) is 46.6 Å². The maximum Gasteiger partial charge on any atom is 0.234 e. The van der Waals surface area contributed by atoms with Gasteiger partial charge >= 0.3 is 0 Å². The van der Waals surface area contributed by atoms with Crippen molar-refractivity contribution in [3.05, 3.63) is 59.7 Å². The minimum absolute atomic E-state index is 0.117. The molecule has 1 amide bonds. The number of para-hydroxylation sites is 2. The van der Waals surface area contributed by atoms with Crippen LogP contribution in [-0.4, -0.2) is 29.7 Å². The summed E-state index contributed by atoms with van der Waals surface area (Å²) >= 11 is 0. The number of ketones is 1. The Morgan fingerprint density at radius 1 is 0.960 bits per heavy atom. The molecule has 0 N–H and O–H groups in total. The van der Waals surface area contributed by atoms with Gasteiger partial charge in [0.25, 0.3) is 0 Å². The Morgan fingerprint density at radius 3 is 1.88 bits per heavy atom. The average molecular weight is 337 g/mol. The van der Waals surface area contributed by atoms with E-state index in [2.05, 4.69) is 0 Å². The summed E-state index contributed by atoms with van der Waals surface area (Å²) < 4.78 is 5.99. The van der Waals surface area contributed by atoms with Crippen molar-refractivity contribution in [1.82, 2.24) is 4.90 Å². The van der Waals surface area contributed by atoms with E-state index in [0.717, 1.165) is 11.1 Å². The zero-order valence-corrected chi connectivity index (χ0v) is 14.9. The lowest BCUT2D eigenvalue weighted by atomic mass is 9.76. The Hall–Kier alpha value is -2.62. The first-order chi connectivity index (χ1) is 12.1. The Labute approximate surface area is 148 Å². The Morgan fingerprint density at radius 2 is 1.44 bits per heavy atom. The van der Waals surface area contributed by atoms with Crippen molar-refractivity contribution >= 4 is 11.7 Å². The van der Waals surface area contributed by atoms with Gasteiger partial charge in [-0.25, -0.2) is 0 Å². The van der Waals surface area contributed by atoms with Crippen LogP contribution < -0.4 is 4.74 Å². The van der Waals surface area contributed by atoms with Crippen LogP contribution in [0.25, 0.3) is 0 Å². The molecule has 3 rings (SSSR count). The molecule has 0 fully saturated rings. The van der Waals surface area contributed by atoms with Crippen LogP contribution in [0.1, 0.15) is 37.8 Å². The SMILES string of the molecule is CCN(CC)C(=O)[C@H](C(C)=O)C1c2ccccc2Oc2ccccc21. The summed E-state index contributed by atoms with van der Waals surface area (Å²) in [6, 6.07) is 15.3. The maximum atomic E-state index is 13.1. The summed E-state index contributed by atoms with van der Waals surface area (Å²) in [5, 5.41) is 0. The number of rotatable bonds is 5. The van der Waals surface area contributed by atoms with E-state index in [1.54, 1.807) is 4.90 Å². The molecule has 0 saturated heterocycles. The largest absolute Gasteiger partial charge is 0.457 e. The zero-order valence-electron chi connectivity index (χ0n) is 14.9. The first-order valence-electron chi connectivity index (χ1n) is 8.73. The molecule has 1 aliphatic rings. The van der Waals surface area contributed by atoms with Gasteiger partial charge in [-0.05, 0) is 32.9 Å². The number of ether oxygens (including phenoxy) is 1. The number of fused-ring (bicyclic) bond motifs is 2. The van der Waals surface area contributed by atoms with E-state index in [0.29, 0.717) is 24.6 Å². The number of nitrogens with zero attached hydrogens (tertiary/aromatic N) is 1. The molecule has 0 aliphatic carbocycles. The molecule has 0 spiro atoms. The summed E-state index contributed by atoms with van der Waals surface area (Å²) in [6.07, 6.45) is 0. The van der Waals surface area contributed by atoms with Gasteiger partial charge < -0.3 is 9.64 Å². The van der Waals surface area contributed by atoms with Gasteiger partial charge in [-0.15, -0.1) is 0 Å². The first kappa shape index (κ1) is 17.2. The van der Waals surface area contributed by atoms with Crippen molar-refractivity contribution in [2.75, 3.05) is 13.1 Å². The summed E-state index contributed by atoms with van der Waals surface area (Å²) in [5.74, 6) is 0.120. The lowest BCUT2D eigenvalue weighted by Gasteiger charge is -2.34. The highest BCUT2D eigenvalue weighted by Crippen LogP contribution is 2.47. The molecule has 2 aromatic carbocycles. The predicted molar refractivity (Wildman–Crippen MR) is 96.9 cm³/mol.